The molecule has 0 radical (unpaired) electrons. The molecule has 48 heavy (non-hydrogen) atoms. The molecule has 0 saturated heterocycles. The second-order valence-corrected chi connectivity index (χ2v) is 12.0. The molecular weight excluding hydrogens is 585 g/mol. The Kier molecular flexibility index (Phi) is 6.22. The van der Waals surface area contributed by atoms with E-state index < -0.39 is 0 Å². The molecule has 0 N–H and O–H groups in total. The van der Waals surface area contributed by atoms with Crippen LogP contribution in [-0.4, -0.2) is 9.13 Å². The van der Waals surface area contributed by atoms with Gasteiger partial charge < -0.3 is 9.13 Å². The molecule has 0 saturated carbocycles. The highest BCUT2D eigenvalue weighted by molar-refractivity contribution is 6.12. The molecule has 9 rings (SSSR count). The van der Waals surface area contributed by atoms with E-state index in [0.29, 0.717) is 11.1 Å². The summed E-state index contributed by atoms with van der Waals surface area (Å²) in [5.74, 6) is 0. The van der Waals surface area contributed by atoms with Crippen molar-refractivity contribution in [3.8, 4) is 45.8 Å². The van der Waals surface area contributed by atoms with E-state index in [4.69, 9.17) is 0 Å². The van der Waals surface area contributed by atoms with Crippen LogP contribution in [0.25, 0.3) is 77.2 Å². The first kappa shape index (κ1) is 27.4. The van der Waals surface area contributed by atoms with Gasteiger partial charge in [-0.15, -0.1) is 0 Å². The number of fused-ring (bicyclic) bond motifs is 6. The van der Waals surface area contributed by atoms with Crippen LogP contribution in [0.4, 0.5) is 0 Å². The monoisotopic (exact) mass is 610 g/mol. The molecule has 222 valence electrons. The highest BCUT2D eigenvalue weighted by Crippen LogP contribution is 2.39. The number of aromatic nitrogens is 2. The Morgan fingerprint density at radius 1 is 0.417 bits per heavy atom. The highest BCUT2D eigenvalue weighted by atomic mass is 15.0. The molecule has 0 fully saturated rings. The predicted octanol–water partition coefficient (Wildman–Crippen LogP) is 11.0. The van der Waals surface area contributed by atoms with Crippen LogP contribution in [0.15, 0.2) is 158 Å². The third-order valence-corrected chi connectivity index (χ3v) is 9.40. The number of nitriles is 2. The average Bonchev–Trinajstić information content (AvgIpc) is 3.68. The first-order valence-corrected chi connectivity index (χ1v) is 15.9. The van der Waals surface area contributed by atoms with E-state index in [-0.39, 0.29) is 0 Å². The number of benzene rings is 7. The first-order valence-electron chi connectivity index (χ1n) is 15.9. The number of hydrogen-bond acceptors (Lipinski definition) is 2. The zero-order chi connectivity index (χ0) is 32.2. The van der Waals surface area contributed by atoms with Crippen molar-refractivity contribution in [1.29, 1.82) is 10.5 Å². The second-order valence-electron chi connectivity index (χ2n) is 12.0. The van der Waals surface area contributed by atoms with E-state index in [1.54, 1.807) is 0 Å². The molecule has 2 aromatic heterocycles. The summed E-state index contributed by atoms with van der Waals surface area (Å²) in [7, 11) is 0. The average molecular weight is 611 g/mol. The van der Waals surface area contributed by atoms with Crippen molar-refractivity contribution < 1.29 is 0 Å². The Bertz CT molecular complexity index is 2750. The molecule has 0 spiro atoms. The minimum atomic E-state index is 0.561. The summed E-state index contributed by atoms with van der Waals surface area (Å²) in [4.78, 5) is 0. The topological polar surface area (TPSA) is 57.4 Å². The summed E-state index contributed by atoms with van der Waals surface area (Å²) < 4.78 is 4.47. The lowest BCUT2D eigenvalue weighted by Gasteiger charge is -2.16. The van der Waals surface area contributed by atoms with Gasteiger partial charge in [-0.05, 0) is 71.3 Å². The van der Waals surface area contributed by atoms with Gasteiger partial charge in [-0.25, -0.2) is 0 Å². The summed E-state index contributed by atoms with van der Waals surface area (Å²) in [6.07, 6.45) is 0. The smallest absolute Gasteiger partial charge is 0.101 e. The summed E-state index contributed by atoms with van der Waals surface area (Å²) in [5.41, 5.74) is 11.5. The predicted molar refractivity (Wildman–Crippen MR) is 195 cm³/mol. The molecule has 9 aromatic rings. The zero-order valence-corrected chi connectivity index (χ0v) is 25.8. The van der Waals surface area contributed by atoms with Crippen molar-refractivity contribution in [2.75, 3.05) is 0 Å². The fraction of sp³-hybridized carbons (Fsp3) is 0. The lowest BCUT2D eigenvalue weighted by Crippen LogP contribution is -1.99. The van der Waals surface area contributed by atoms with Gasteiger partial charge in [-0.2, -0.15) is 10.5 Å². The molecule has 0 aliphatic rings. The van der Waals surface area contributed by atoms with Crippen LogP contribution in [0.3, 0.4) is 0 Å². The molecule has 0 aliphatic heterocycles. The van der Waals surface area contributed by atoms with Crippen LogP contribution in [0, 0.1) is 22.7 Å². The highest BCUT2D eigenvalue weighted by Gasteiger charge is 2.19. The van der Waals surface area contributed by atoms with Crippen molar-refractivity contribution in [2.45, 2.75) is 0 Å². The van der Waals surface area contributed by atoms with Crippen molar-refractivity contribution in [2.24, 2.45) is 0 Å². The Morgan fingerprint density at radius 3 is 1.67 bits per heavy atom. The van der Waals surface area contributed by atoms with Gasteiger partial charge in [0.1, 0.15) is 6.07 Å². The molecule has 0 amide bonds. The minimum Gasteiger partial charge on any atom is -0.309 e. The lowest BCUT2D eigenvalue weighted by molar-refractivity contribution is 1.17. The van der Waals surface area contributed by atoms with E-state index in [1.807, 2.05) is 42.5 Å². The van der Waals surface area contributed by atoms with Crippen molar-refractivity contribution in [3.05, 3.63) is 169 Å². The molecule has 2 heterocycles. The standard InChI is InChI=1S/C44H26N4/c45-27-29-19-24-35(43(25-29)48-42-18-6-3-14-38(42)39-15-8-11-33(28-46)44(39)48)32-10-7-9-31(26-32)30-20-22-34(23-21-30)47-40-16-4-1-12-36(40)37-13-2-5-17-41(37)47/h1-26H. The van der Waals surface area contributed by atoms with E-state index in [0.717, 1.165) is 55.4 Å². The van der Waals surface area contributed by atoms with Gasteiger partial charge >= 0.3 is 0 Å². The molecule has 7 aromatic carbocycles. The molecule has 0 unspecified atom stereocenters. The third kappa shape index (κ3) is 4.14. The van der Waals surface area contributed by atoms with Gasteiger partial charge in [-0.3, -0.25) is 0 Å². The Morgan fingerprint density at radius 2 is 1.00 bits per heavy atom. The van der Waals surface area contributed by atoms with Crippen LogP contribution in [0.1, 0.15) is 11.1 Å². The van der Waals surface area contributed by atoms with Crippen LogP contribution in [0.2, 0.25) is 0 Å². The number of nitrogens with zero attached hydrogens (tertiary/aromatic N) is 4. The number of para-hydroxylation sites is 4. The largest absolute Gasteiger partial charge is 0.309 e. The van der Waals surface area contributed by atoms with Gasteiger partial charge in [0.25, 0.3) is 0 Å². The quantitative estimate of drug-likeness (QED) is 0.199. The van der Waals surface area contributed by atoms with Gasteiger partial charge in [0.2, 0.25) is 0 Å². The van der Waals surface area contributed by atoms with Crippen molar-refractivity contribution in [3.63, 3.8) is 0 Å². The third-order valence-electron chi connectivity index (χ3n) is 9.40. The van der Waals surface area contributed by atoms with Gasteiger partial charge in [0, 0.05) is 32.8 Å². The van der Waals surface area contributed by atoms with E-state index in [1.165, 1.54) is 21.8 Å². The number of rotatable bonds is 4. The second kappa shape index (κ2) is 10.9. The maximum atomic E-state index is 10.1. The Hall–Kier alpha value is -6.88. The van der Waals surface area contributed by atoms with Crippen LogP contribution < -0.4 is 0 Å². The fourth-order valence-corrected chi connectivity index (χ4v) is 7.26. The Balaban J connectivity index is 1.19. The van der Waals surface area contributed by atoms with Crippen LogP contribution in [0.5, 0.6) is 0 Å². The van der Waals surface area contributed by atoms with Crippen LogP contribution >= 0.6 is 0 Å². The zero-order valence-electron chi connectivity index (χ0n) is 25.8. The Labute approximate surface area is 277 Å². The van der Waals surface area contributed by atoms with Crippen molar-refractivity contribution >= 4 is 43.6 Å². The minimum absolute atomic E-state index is 0.561. The van der Waals surface area contributed by atoms with Gasteiger partial charge in [0.15, 0.2) is 0 Å². The molecule has 0 atom stereocenters. The van der Waals surface area contributed by atoms with E-state index in [9.17, 15) is 10.5 Å². The SMILES string of the molecule is N#Cc1ccc(-c2cccc(-c3ccc(-n4c5ccccc5c5ccccc54)cc3)c2)c(-n2c3ccccc3c3cccc(C#N)c32)c1. The molecule has 4 nitrogen and oxygen atoms in total. The summed E-state index contributed by atoms with van der Waals surface area (Å²) in [6.45, 7) is 0. The summed E-state index contributed by atoms with van der Waals surface area (Å²) in [6, 6.07) is 59.0. The van der Waals surface area contributed by atoms with Crippen molar-refractivity contribution in [1.82, 2.24) is 9.13 Å². The normalized spacial score (nSPS) is 11.3. The summed E-state index contributed by atoms with van der Waals surface area (Å²) in [5, 5.41) is 24.6. The molecular formula is C44H26N4. The first-order chi connectivity index (χ1) is 23.7. The molecule has 0 aliphatic carbocycles. The maximum absolute atomic E-state index is 10.1. The van der Waals surface area contributed by atoms with E-state index in [2.05, 4.69) is 137 Å². The number of hydrogen-bond donors (Lipinski definition) is 0. The summed E-state index contributed by atoms with van der Waals surface area (Å²) >= 11 is 0. The van der Waals surface area contributed by atoms with Gasteiger partial charge in [0.05, 0.1) is 45.0 Å². The van der Waals surface area contributed by atoms with E-state index >= 15 is 0 Å². The molecule has 0 bridgehead atoms. The lowest BCUT2D eigenvalue weighted by atomic mass is 9.96. The fourth-order valence-electron chi connectivity index (χ4n) is 7.26. The van der Waals surface area contributed by atoms with Gasteiger partial charge in [-0.1, -0.05) is 103 Å². The van der Waals surface area contributed by atoms with Crippen LogP contribution in [-0.2, 0) is 0 Å². The molecule has 4 heteroatoms. The maximum Gasteiger partial charge on any atom is 0.101 e.